The molecule has 0 aliphatic carbocycles. The van der Waals surface area contributed by atoms with Gasteiger partial charge >= 0.3 is 5.97 Å². The van der Waals surface area contributed by atoms with Crippen molar-refractivity contribution < 1.29 is 19.1 Å². The molecule has 1 amide bonds. The van der Waals surface area contributed by atoms with Crippen LogP contribution in [0.15, 0.2) is 18.2 Å². The van der Waals surface area contributed by atoms with Gasteiger partial charge < -0.3 is 10.4 Å². The number of hydrogen-bond donors (Lipinski definition) is 2. The van der Waals surface area contributed by atoms with Crippen molar-refractivity contribution in [1.29, 1.82) is 0 Å². The van der Waals surface area contributed by atoms with Gasteiger partial charge in [0.15, 0.2) is 0 Å². The van der Waals surface area contributed by atoms with E-state index in [-0.39, 0.29) is 11.7 Å². The van der Waals surface area contributed by atoms with E-state index in [0.717, 1.165) is 11.1 Å². The van der Waals surface area contributed by atoms with Crippen molar-refractivity contribution >= 4 is 23.6 Å². The Labute approximate surface area is 121 Å². The molecule has 1 aromatic carbocycles. The Balaban J connectivity index is 2.42. The fraction of sp³-hybridized carbons (Fsp3) is 0.429. The van der Waals surface area contributed by atoms with Crippen LogP contribution in [0, 0.1) is 12.7 Å². The van der Waals surface area contributed by atoms with Gasteiger partial charge in [-0.15, -0.1) is 0 Å². The number of carbonyl (C=O) groups is 2. The minimum Gasteiger partial charge on any atom is -0.480 e. The lowest BCUT2D eigenvalue weighted by molar-refractivity contribution is -0.141. The lowest BCUT2D eigenvalue weighted by Crippen LogP contribution is -2.39. The first-order chi connectivity index (χ1) is 9.40. The number of rotatable bonds is 7. The number of thioether (sulfide) groups is 1. The summed E-state index contributed by atoms with van der Waals surface area (Å²) in [5, 5.41) is 11.3. The SMILES string of the molecule is CC(=O)NC(CCSCc1cc(F)ccc1C)C(=O)O. The molecule has 0 saturated heterocycles. The summed E-state index contributed by atoms with van der Waals surface area (Å²) in [5.74, 6) is -0.470. The zero-order valence-electron chi connectivity index (χ0n) is 11.5. The normalized spacial score (nSPS) is 11.9. The maximum Gasteiger partial charge on any atom is 0.326 e. The van der Waals surface area contributed by atoms with E-state index >= 15 is 0 Å². The Kier molecular flexibility index (Phi) is 6.51. The molecule has 1 aromatic rings. The smallest absolute Gasteiger partial charge is 0.326 e. The summed E-state index contributed by atoms with van der Waals surface area (Å²) >= 11 is 1.52. The Bertz CT molecular complexity index is 493. The van der Waals surface area contributed by atoms with Gasteiger partial charge in [-0.05, 0) is 42.4 Å². The highest BCUT2D eigenvalue weighted by atomic mass is 32.2. The van der Waals surface area contributed by atoms with Crippen molar-refractivity contribution in [2.45, 2.75) is 32.1 Å². The van der Waals surface area contributed by atoms with Crippen LogP contribution in [-0.4, -0.2) is 28.8 Å². The summed E-state index contributed by atoms with van der Waals surface area (Å²) in [6.45, 7) is 3.20. The zero-order chi connectivity index (χ0) is 15.1. The molecule has 2 N–H and O–H groups in total. The van der Waals surface area contributed by atoms with Crippen molar-refractivity contribution in [1.82, 2.24) is 5.32 Å². The number of amides is 1. The molecule has 0 radical (unpaired) electrons. The first-order valence-electron chi connectivity index (χ1n) is 6.23. The number of halogens is 1. The summed E-state index contributed by atoms with van der Waals surface area (Å²) < 4.78 is 13.1. The fourth-order valence-corrected chi connectivity index (χ4v) is 2.76. The van der Waals surface area contributed by atoms with Crippen LogP contribution in [0.25, 0.3) is 0 Å². The number of carboxylic acids is 1. The molecule has 6 heteroatoms. The Morgan fingerprint density at radius 1 is 1.45 bits per heavy atom. The third-order valence-electron chi connectivity index (χ3n) is 2.80. The number of benzene rings is 1. The van der Waals surface area contributed by atoms with Crippen LogP contribution in [0.4, 0.5) is 4.39 Å². The van der Waals surface area contributed by atoms with E-state index in [0.29, 0.717) is 17.9 Å². The van der Waals surface area contributed by atoms with Gasteiger partial charge in [0, 0.05) is 12.7 Å². The lowest BCUT2D eigenvalue weighted by atomic mass is 10.1. The molecule has 0 saturated carbocycles. The maximum absolute atomic E-state index is 13.1. The molecular weight excluding hydrogens is 281 g/mol. The van der Waals surface area contributed by atoms with E-state index < -0.39 is 12.0 Å². The van der Waals surface area contributed by atoms with Gasteiger partial charge in [-0.3, -0.25) is 4.79 Å². The lowest BCUT2D eigenvalue weighted by Gasteiger charge is -2.13. The van der Waals surface area contributed by atoms with Gasteiger partial charge in [0.1, 0.15) is 11.9 Å². The van der Waals surface area contributed by atoms with E-state index in [1.807, 2.05) is 6.92 Å². The predicted molar refractivity (Wildman–Crippen MR) is 77.2 cm³/mol. The van der Waals surface area contributed by atoms with Gasteiger partial charge in [-0.2, -0.15) is 11.8 Å². The summed E-state index contributed by atoms with van der Waals surface area (Å²) in [7, 11) is 0. The molecule has 0 fully saturated rings. The van der Waals surface area contributed by atoms with Crippen LogP contribution in [0.3, 0.4) is 0 Å². The minimum atomic E-state index is -1.04. The second-order valence-corrected chi connectivity index (χ2v) is 5.61. The second-order valence-electron chi connectivity index (χ2n) is 4.50. The summed E-state index contributed by atoms with van der Waals surface area (Å²) in [6, 6.07) is 3.77. The molecule has 0 aliphatic heterocycles. The molecule has 1 atom stereocenters. The Hall–Kier alpha value is -1.56. The van der Waals surface area contributed by atoms with Gasteiger partial charge in [0.25, 0.3) is 0 Å². The van der Waals surface area contributed by atoms with Gasteiger partial charge in [0.2, 0.25) is 5.91 Å². The van der Waals surface area contributed by atoms with Gasteiger partial charge in [0.05, 0.1) is 0 Å². The van der Waals surface area contributed by atoms with Crippen molar-refractivity contribution in [2.75, 3.05) is 5.75 Å². The molecule has 0 heterocycles. The van der Waals surface area contributed by atoms with Gasteiger partial charge in [-0.25, -0.2) is 9.18 Å². The van der Waals surface area contributed by atoms with Crippen molar-refractivity contribution in [3.05, 3.63) is 35.1 Å². The Morgan fingerprint density at radius 3 is 2.75 bits per heavy atom. The minimum absolute atomic E-state index is 0.271. The molecule has 20 heavy (non-hydrogen) atoms. The molecule has 4 nitrogen and oxygen atoms in total. The monoisotopic (exact) mass is 299 g/mol. The third kappa shape index (κ3) is 5.61. The van der Waals surface area contributed by atoms with E-state index in [1.165, 1.54) is 30.8 Å². The number of carboxylic acid groups (broad SMARTS) is 1. The number of aliphatic carboxylic acids is 1. The average molecular weight is 299 g/mol. The molecule has 1 rings (SSSR count). The highest BCUT2D eigenvalue weighted by molar-refractivity contribution is 7.98. The number of hydrogen-bond acceptors (Lipinski definition) is 3. The van der Waals surface area contributed by atoms with Crippen LogP contribution in [0.2, 0.25) is 0 Å². The van der Waals surface area contributed by atoms with Crippen molar-refractivity contribution in [3.63, 3.8) is 0 Å². The summed E-state index contributed by atoms with van der Waals surface area (Å²) in [6.07, 6.45) is 0.341. The topological polar surface area (TPSA) is 66.4 Å². The quantitative estimate of drug-likeness (QED) is 0.758. The van der Waals surface area contributed by atoms with Crippen molar-refractivity contribution in [2.24, 2.45) is 0 Å². The van der Waals surface area contributed by atoms with Crippen LogP contribution >= 0.6 is 11.8 Å². The Morgan fingerprint density at radius 2 is 2.15 bits per heavy atom. The van der Waals surface area contributed by atoms with E-state index in [4.69, 9.17) is 5.11 Å². The van der Waals surface area contributed by atoms with E-state index in [1.54, 1.807) is 6.07 Å². The van der Waals surface area contributed by atoms with Gasteiger partial charge in [-0.1, -0.05) is 6.07 Å². The van der Waals surface area contributed by atoms with Crippen LogP contribution in [0.1, 0.15) is 24.5 Å². The van der Waals surface area contributed by atoms with Crippen LogP contribution in [-0.2, 0) is 15.3 Å². The molecule has 0 aliphatic rings. The van der Waals surface area contributed by atoms with Crippen LogP contribution in [0.5, 0.6) is 0 Å². The zero-order valence-corrected chi connectivity index (χ0v) is 12.3. The van der Waals surface area contributed by atoms with Crippen LogP contribution < -0.4 is 5.32 Å². The first kappa shape index (κ1) is 16.5. The number of nitrogens with one attached hydrogen (secondary N) is 1. The fourth-order valence-electron chi connectivity index (χ4n) is 1.68. The molecular formula is C14H18FNO3S. The maximum atomic E-state index is 13.1. The van der Waals surface area contributed by atoms with Crippen molar-refractivity contribution in [3.8, 4) is 0 Å². The average Bonchev–Trinajstić information content (AvgIpc) is 2.36. The number of aryl methyl sites for hydroxylation is 1. The third-order valence-corrected chi connectivity index (χ3v) is 3.83. The highest BCUT2D eigenvalue weighted by Gasteiger charge is 2.17. The standard InChI is InChI=1S/C14H18FNO3S/c1-9-3-4-12(15)7-11(9)8-20-6-5-13(14(18)19)16-10(2)17/h3-4,7,13H,5-6,8H2,1-2H3,(H,16,17)(H,18,19). The largest absolute Gasteiger partial charge is 0.480 e. The van der Waals surface area contributed by atoms with E-state index in [9.17, 15) is 14.0 Å². The molecule has 0 aromatic heterocycles. The first-order valence-corrected chi connectivity index (χ1v) is 7.38. The van der Waals surface area contributed by atoms with E-state index in [2.05, 4.69) is 5.32 Å². The highest BCUT2D eigenvalue weighted by Crippen LogP contribution is 2.18. The second kappa shape index (κ2) is 7.89. The molecule has 0 bridgehead atoms. The summed E-state index contributed by atoms with van der Waals surface area (Å²) in [4.78, 5) is 21.8. The number of carbonyl (C=O) groups excluding carboxylic acids is 1. The molecule has 0 spiro atoms. The predicted octanol–water partition coefficient (Wildman–Crippen LogP) is 2.35. The molecule has 110 valence electrons. The molecule has 1 unspecified atom stereocenters. The summed E-state index contributed by atoms with van der Waals surface area (Å²) in [5.41, 5.74) is 1.91.